The van der Waals surface area contributed by atoms with Gasteiger partial charge in [0.1, 0.15) is 0 Å². The van der Waals surface area contributed by atoms with Crippen molar-refractivity contribution >= 4 is 0 Å². The molecule has 1 rings (SSSR count). The van der Waals surface area contributed by atoms with Crippen molar-refractivity contribution < 1.29 is 4.74 Å². The highest BCUT2D eigenvalue weighted by atomic mass is 16.5. The van der Waals surface area contributed by atoms with Crippen LogP contribution in [0.25, 0.3) is 0 Å². The first kappa shape index (κ1) is 15.8. The number of nitrogens with two attached hydrogens (primary N) is 1. The second kappa shape index (κ2) is 9.62. The van der Waals surface area contributed by atoms with Crippen molar-refractivity contribution in [3.63, 3.8) is 0 Å². The molecule has 0 aliphatic rings. The van der Waals surface area contributed by atoms with E-state index in [1.165, 1.54) is 25.7 Å². The molecule has 1 heterocycles. The van der Waals surface area contributed by atoms with Crippen LogP contribution in [0.3, 0.4) is 0 Å². The molecule has 0 atom stereocenters. The summed E-state index contributed by atoms with van der Waals surface area (Å²) in [6.45, 7) is 4.07. The third-order valence-corrected chi connectivity index (χ3v) is 3.09. The van der Waals surface area contributed by atoms with Gasteiger partial charge in [0.15, 0.2) is 5.75 Å². The zero-order chi connectivity index (χ0) is 13.9. The molecular weight excluding hydrogens is 240 g/mol. The zero-order valence-corrected chi connectivity index (χ0v) is 11.9. The SMILES string of the molecule is CCCCCCCOc1cccn(CCCN)c1=O. The van der Waals surface area contributed by atoms with Crippen molar-refractivity contribution in [2.75, 3.05) is 13.2 Å². The fourth-order valence-electron chi connectivity index (χ4n) is 1.95. The lowest BCUT2D eigenvalue weighted by molar-refractivity contribution is 0.298. The summed E-state index contributed by atoms with van der Waals surface area (Å²) in [7, 11) is 0. The Kier molecular flexibility index (Phi) is 7.98. The number of hydrogen-bond donors (Lipinski definition) is 1. The summed E-state index contributed by atoms with van der Waals surface area (Å²) in [6, 6.07) is 3.59. The van der Waals surface area contributed by atoms with Crippen LogP contribution in [-0.4, -0.2) is 17.7 Å². The van der Waals surface area contributed by atoms with Gasteiger partial charge in [-0.05, 0) is 31.5 Å². The molecule has 1 aromatic heterocycles. The van der Waals surface area contributed by atoms with Crippen LogP contribution in [0.1, 0.15) is 45.4 Å². The van der Waals surface area contributed by atoms with Crippen LogP contribution < -0.4 is 16.0 Å². The topological polar surface area (TPSA) is 57.2 Å². The first-order chi connectivity index (χ1) is 9.29. The van der Waals surface area contributed by atoms with Crippen LogP contribution >= 0.6 is 0 Å². The Morgan fingerprint density at radius 1 is 1.21 bits per heavy atom. The molecule has 0 saturated carbocycles. The van der Waals surface area contributed by atoms with Crippen LogP contribution in [0.4, 0.5) is 0 Å². The molecule has 0 aliphatic carbocycles. The third kappa shape index (κ3) is 5.92. The molecule has 19 heavy (non-hydrogen) atoms. The Morgan fingerprint density at radius 3 is 2.74 bits per heavy atom. The lowest BCUT2D eigenvalue weighted by atomic mass is 10.2. The van der Waals surface area contributed by atoms with Crippen molar-refractivity contribution in [1.82, 2.24) is 4.57 Å². The van der Waals surface area contributed by atoms with E-state index in [4.69, 9.17) is 10.5 Å². The van der Waals surface area contributed by atoms with Gasteiger partial charge in [0.2, 0.25) is 0 Å². The lowest BCUT2D eigenvalue weighted by Crippen LogP contribution is -2.22. The zero-order valence-electron chi connectivity index (χ0n) is 11.9. The largest absolute Gasteiger partial charge is 0.488 e. The number of aromatic nitrogens is 1. The van der Waals surface area contributed by atoms with Crippen molar-refractivity contribution in [3.8, 4) is 5.75 Å². The number of ether oxygens (including phenoxy) is 1. The molecule has 0 aliphatic heterocycles. The molecule has 0 bridgehead atoms. The van der Waals surface area contributed by atoms with Crippen LogP contribution in [-0.2, 0) is 6.54 Å². The van der Waals surface area contributed by atoms with E-state index < -0.39 is 0 Å². The van der Waals surface area contributed by atoms with Crippen molar-refractivity contribution in [2.24, 2.45) is 5.73 Å². The standard InChI is InChI=1S/C15H26N2O2/c1-2-3-4-5-6-13-19-14-9-7-11-17(15(14)18)12-8-10-16/h7,9,11H,2-6,8,10,12-13,16H2,1H3. The fraction of sp³-hybridized carbons (Fsp3) is 0.667. The molecule has 0 aromatic carbocycles. The van der Waals surface area contributed by atoms with Gasteiger partial charge in [0, 0.05) is 12.7 Å². The number of rotatable bonds is 10. The summed E-state index contributed by atoms with van der Waals surface area (Å²) in [6.07, 6.45) is 8.53. The maximum atomic E-state index is 12.0. The molecule has 0 unspecified atom stereocenters. The highest BCUT2D eigenvalue weighted by Crippen LogP contribution is 2.06. The van der Waals surface area contributed by atoms with E-state index >= 15 is 0 Å². The molecule has 0 amide bonds. The normalized spacial score (nSPS) is 10.6. The Morgan fingerprint density at radius 2 is 2.00 bits per heavy atom. The minimum absolute atomic E-state index is 0.0514. The van der Waals surface area contributed by atoms with Gasteiger partial charge in [-0.2, -0.15) is 0 Å². The highest BCUT2D eigenvalue weighted by Gasteiger charge is 2.03. The summed E-state index contributed by atoms with van der Waals surface area (Å²) in [5.41, 5.74) is 5.40. The predicted octanol–water partition coefficient (Wildman–Crippen LogP) is 2.55. The number of pyridine rings is 1. The number of aryl methyl sites for hydroxylation is 1. The fourth-order valence-corrected chi connectivity index (χ4v) is 1.95. The number of unbranched alkanes of at least 4 members (excludes halogenated alkanes) is 4. The average Bonchev–Trinajstić information content (AvgIpc) is 2.43. The van der Waals surface area contributed by atoms with Gasteiger partial charge in [0.25, 0.3) is 5.56 Å². The molecule has 0 fully saturated rings. The van der Waals surface area contributed by atoms with E-state index in [0.717, 1.165) is 12.8 Å². The highest BCUT2D eigenvalue weighted by molar-refractivity contribution is 5.17. The minimum Gasteiger partial charge on any atom is -0.488 e. The monoisotopic (exact) mass is 266 g/mol. The van der Waals surface area contributed by atoms with E-state index in [0.29, 0.717) is 25.4 Å². The van der Waals surface area contributed by atoms with Crippen LogP contribution in [0.5, 0.6) is 5.75 Å². The van der Waals surface area contributed by atoms with Gasteiger partial charge in [-0.15, -0.1) is 0 Å². The second-order valence-electron chi connectivity index (χ2n) is 4.78. The smallest absolute Gasteiger partial charge is 0.292 e. The van der Waals surface area contributed by atoms with E-state index in [1.54, 1.807) is 16.8 Å². The van der Waals surface area contributed by atoms with Crippen LogP contribution in [0.2, 0.25) is 0 Å². The summed E-state index contributed by atoms with van der Waals surface area (Å²) < 4.78 is 7.24. The Balaban J connectivity index is 2.39. The Hall–Kier alpha value is -1.29. The summed E-state index contributed by atoms with van der Waals surface area (Å²) >= 11 is 0. The van der Waals surface area contributed by atoms with Gasteiger partial charge >= 0.3 is 0 Å². The number of hydrogen-bond acceptors (Lipinski definition) is 3. The molecular formula is C15H26N2O2. The van der Waals surface area contributed by atoms with E-state index in [2.05, 4.69) is 6.92 Å². The molecule has 0 radical (unpaired) electrons. The summed E-state index contributed by atoms with van der Waals surface area (Å²) in [5.74, 6) is 0.454. The first-order valence-electron chi connectivity index (χ1n) is 7.32. The average molecular weight is 266 g/mol. The van der Waals surface area contributed by atoms with Crippen molar-refractivity contribution in [3.05, 3.63) is 28.7 Å². The number of nitrogens with zero attached hydrogens (tertiary/aromatic N) is 1. The van der Waals surface area contributed by atoms with Gasteiger partial charge in [-0.25, -0.2) is 0 Å². The Labute approximate surface area is 115 Å². The van der Waals surface area contributed by atoms with Gasteiger partial charge in [0.05, 0.1) is 6.61 Å². The molecule has 108 valence electrons. The van der Waals surface area contributed by atoms with Crippen LogP contribution in [0.15, 0.2) is 23.1 Å². The lowest BCUT2D eigenvalue weighted by Gasteiger charge is -2.09. The van der Waals surface area contributed by atoms with Crippen molar-refractivity contribution in [2.45, 2.75) is 52.0 Å². The quantitative estimate of drug-likeness (QED) is 0.662. The van der Waals surface area contributed by atoms with Crippen molar-refractivity contribution in [1.29, 1.82) is 0 Å². The molecule has 1 aromatic rings. The summed E-state index contributed by atoms with van der Waals surface area (Å²) in [4.78, 5) is 12.0. The molecule has 0 saturated heterocycles. The molecule has 2 N–H and O–H groups in total. The molecule has 4 heteroatoms. The van der Waals surface area contributed by atoms with Gasteiger partial charge in [-0.3, -0.25) is 4.79 Å². The maximum Gasteiger partial charge on any atom is 0.292 e. The van der Waals surface area contributed by atoms with E-state index in [9.17, 15) is 4.79 Å². The van der Waals surface area contributed by atoms with Crippen LogP contribution in [0, 0.1) is 0 Å². The predicted molar refractivity (Wildman–Crippen MR) is 78.6 cm³/mol. The summed E-state index contributed by atoms with van der Waals surface area (Å²) in [5, 5.41) is 0. The molecule has 0 spiro atoms. The van der Waals surface area contributed by atoms with E-state index in [1.807, 2.05) is 6.07 Å². The first-order valence-corrected chi connectivity index (χ1v) is 7.32. The maximum absolute atomic E-state index is 12.0. The van der Waals surface area contributed by atoms with Gasteiger partial charge < -0.3 is 15.0 Å². The molecule has 4 nitrogen and oxygen atoms in total. The third-order valence-electron chi connectivity index (χ3n) is 3.09. The minimum atomic E-state index is -0.0514. The Bertz CT molecular complexity index is 401. The van der Waals surface area contributed by atoms with Gasteiger partial charge in [-0.1, -0.05) is 32.6 Å². The van der Waals surface area contributed by atoms with E-state index in [-0.39, 0.29) is 5.56 Å². The second-order valence-corrected chi connectivity index (χ2v) is 4.78.